The lowest BCUT2D eigenvalue weighted by atomic mass is 10.1. The summed E-state index contributed by atoms with van der Waals surface area (Å²) in [5.74, 6) is -0.540. The van der Waals surface area contributed by atoms with Crippen molar-refractivity contribution in [2.45, 2.75) is 12.8 Å². The van der Waals surface area contributed by atoms with Gasteiger partial charge in [-0.05, 0) is 31.0 Å². The Morgan fingerprint density at radius 2 is 2.06 bits per heavy atom. The number of amides is 1. The lowest BCUT2D eigenvalue weighted by Gasteiger charge is -2.06. The molecule has 16 heavy (non-hydrogen) atoms. The standard InChI is InChI=1S/C11H14BrNO3/c12-5-1-2-6-13-11(16)9-7-8(14)3-4-10(9)15/h3-4,7,14-15H,1-2,5-6H2,(H,13,16). The lowest BCUT2D eigenvalue weighted by Crippen LogP contribution is -2.24. The number of hydrogen-bond acceptors (Lipinski definition) is 3. The molecule has 1 amide bonds. The van der Waals surface area contributed by atoms with Crippen molar-refractivity contribution in [1.82, 2.24) is 5.32 Å². The highest BCUT2D eigenvalue weighted by molar-refractivity contribution is 9.09. The summed E-state index contributed by atoms with van der Waals surface area (Å²) in [5.41, 5.74) is 0.0962. The molecule has 0 saturated heterocycles. The van der Waals surface area contributed by atoms with Gasteiger partial charge < -0.3 is 15.5 Å². The van der Waals surface area contributed by atoms with Crippen LogP contribution in [0.2, 0.25) is 0 Å². The summed E-state index contributed by atoms with van der Waals surface area (Å²) in [6, 6.07) is 3.87. The highest BCUT2D eigenvalue weighted by Crippen LogP contribution is 2.21. The number of carbonyl (C=O) groups is 1. The zero-order chi connectivity index (χ0) is 12.0. The molecular formula is C11H14BrNO3. The van der Waals surface area contributed by atoms with E-state index in [0.717, 1.165) is 18.2 Å². The Bertz CT molecular complexity index is 368. The molecule has 0 atom stereocenters. The number of rotatable bonds is 5. The first-order valence-electron chi connectivity index (χ1n) is 5.01. The van der Waals surface area contributed by atoms with Gasteiger partial charge in [0.05, 0.1) is 5.56 Å². The third kappa shape index (κ3) is 3.73. The number of phenols is 2. The predicted molar refractivity (Wildman–Crippen MR) is 65.1 cm³/mol. The molecule has 4 nitrogen and oxygen atoms in total. The van der Waals surface area contributed by atoms with Crippen LogP contribution in [0.3, 0.4) is 0 Å². The molecule has 3 N–H and O–H groups in total. The number of benzene rings is 1. The molecule has 0 bridgehead atoms. The van der Waals surface area contributed by atoms with Gasteiger partial charge in [-0.3, -0.25) is 4.79 Å². The van der Waals surface area contributed by atoms with Crippen molar-refractivity contribution in [2.75, 3.05) is 11.9 Å². The predicted octanol–water partition coefficient (Wildman–Crippen LogP) is 2.00. The Kier molecular flexibility index (Phi) is 5.11. The maximum absolute atomic E-state index is 11.6. The van der Waals surface area contributed by atoms with Gasteiger partial charge >= 0.3 is 0 Å². The van der Waals surface area contributed by atoms with Crippen LogP contribution in [0.4, 0.5) is 0 Å². The number of halogens is 1. The van der Waals surface area contributed by atoms with Gasteiger partial charge in [-0.15, -0.1) is 0 Å². The zero-order valence-corrected chi connectivity index (χ0v) is 10.3. The van der Waals surface area contributed by atoms with E-state index < -0.39 is 0 Å². The van der Waals surface area contributed by atoms with Crippen LogP contribution >= 0.6 is 15.9 Å². The summed E-state index contributed by atoms with van der Waals surface area (Å²) < 4.78 is 0. The summed E-state index contributed by atoms with van der Waals surface area (Å²) in [6.45, 7) is 0.555. The second kappa shape index (κ2) is 6.37. The molecule has 0 aliphatic carbocycles. The molecule has 0 unspecified atom stereocenters. The van der Waals surface area contributed by atoms with Gasteiger partial charge in [0, 0.05) is 11.9 Å². The van der Waals surface area contributed by atoms with Crippen molar-refractivity contribution in [3.63, 3.8) is 0 Å². The zero-order valence-electron chi connectivity index (χ0n) is 8.74. The largest absolute Gasteiger partial charge is 0.508 e. The number of aromatic hydroxyl groups is 2. The first-order valence-corrected chi connectivity index (χ1v) is 6.13. The quantitative estimate of drug-likeness (QED) is 0.441. The van der Waals surface area contributed by atoms with E-state index in [4.69, 9.17) is 0 Å². The van der Waals surface area contributed by atoms with Gasteiger partial charge in [-0.1, -0.05) is 15.9 Å². The molecule has 5 heteroatoms. The van der Waals surface area contributed by atoms with Crippen LogP contribution in [0.1, 0.15) is 23.2 Å². The van der Waals surface area contributed by atoms with Crippen molar-refractivity contribution >= 4 is 21.8 Å². The molecule has 1 aromatic carbocycles. The fourth-order valence-electron chi connectivity index (χ4n) is 1.22. The van der Waals surface area contributed by atoms with Crippen molar-refractivity contribution in [1.29, 1.82) is 0 Å². The Balaban J connectivity index is 2.55. The maximum atomic E-state index is 11.6. The van der Waals surface area contributed by atoms with E-state index in [2.05, 4.69) is 21.2 Å². The highest BCUT2D eigenvalue weighted by Gasteiger charge is 2.10. The monoisotopic (exact) mass is 287 g/mol. The fourth-order valence-corrected chi connectivity index (χ4v) is 1.62. The molecule has 0 aromatic heterocycles. The third-order valence-electron chi connectivity index (χ3n) is 2.07. The second-order valence-corrected chi connectivity index (χ2v) is 4.15. The summed E-state index contributed by atoms with van der Waals surface area (Å²) in [7, 11) is 0. The topological polar surface area (TPSA) is 69.6 Å². The van der Waals surface area contributed by atoms with Crippen LogP contribution in [-0.4, -0.2) is 28.0 Å². The van der Waals surface area contributed by atoms with Gasteiger partial charge in [0.15, 0.2) is 0 Å². The molecule has 0 heterocycles. The van der Waals surface area contributed by atoms with Crippen molar-refractivity contribution in [3.05, 3.63) is 23.8 Å². The van der Waals surface area contributed by atoms with Crippen LogP contribution in [0.5, 0.6) is 11.5 Å². The SMILES string of the molecule is O=C(NCCCCBr)c1cc(O)ccc1O. The number of phenolic OH excluding ortho intramolecular Hbond substituents is 2. The van der Waals surface area contributed by atoms with Gasteiger partial charge in [-0.25, -0.2) is 0 Å². The minimum atomic E-state index is -0.372. The van der Waals surface area contributed by atoms with E-state index in [1.54, 1.807) is 0 Å². The summed E-state index contributed by atoms with van der Waals surface area (Å²) >= 11 is 3.30. The van der Waals surface area contributed by atoms with Crippen molar-refractivity contribution < 1.29 is 15.0 Å². The molecule has 0 fully saturated rings. The second-order valence-electron chi connectivity index (χ2n) is 3.35. The smallest absolute Gasteiger partial charge is 0.255 e. The molecule has 1 rings (SSSR count). The first-order chi connectivity index (χ1) is 7.65. The van der Waals surface area contributed by atoms with E-state index in [9.17, 15) is 15.0 Å². The minimum Gasteiger partial charge on any atom is -0.508 e. The molecule has 0 radical (unpaired) electrons. The van der Waals surface area contributed by atoms with Gasteiger partial charge in [0.25, 0.3) is 5.91 Å². The van der Waals surface area contributed by atoms with E-state index in [1.165, 1.54) is 18.2 Å². The van der Waals surface area contributed by atoms with E-state index in [-0.39, 0.29) is 23.0 Å². The summed E-state index contributed by atoms with van der Waals surface area (Å²) in [5, 5.41) is 22.2. The molecule has 0 aliphatic heterocycles. The van der Waals surface area contributed by atoms with Crippen molar-refractivity contribution in [2.24, 2.45) is 0 Å². The molecular weight excluding hydrogens is 274 g/mol. The van der Waals surface area contributed by atoms with Crippen LogP contribution in [0.15, 0.2) is 18.2 Å². The Labute approximate surface area is 102 Å². The highest BCUT2D eigenvalue weighted by atomic mass is 79.9. The van der Waals surface area contributed by atoms with Gasteiger partial charge in [0.2, 0.25) is 0 Å². The molecule has 1 aromatic rings. The normalized spacial score (nSPS) is 10.1. The Morgan fingerprint density at radius 1 is 1.31 bits per heavy atom. The third-order valence-corrected chi connectivity index (χ3v) is 2.63. The molecule has 0 aliphatic rings. The fraction of sp³-hybridized carbons (Fsp3) is 0.364. The number of nitrogens with one attached hydrogen (secondary N) is 1. The van der Waals surface area contributed by atoms with Crippen LogP contribution < -0.4 is 5.32 Å². The first kappa shape index (κ1) is 12.8. The maximum Gasteiger partial charge on any atom is 0.255 e. The number of alkyl halides is 1. The molecule has 0 spiro atoms. The minimum absolute atomic E-state index is 0.0385. The number of hydrogen-bond donors (Lipinski definition) is 3. The molecule has 0 saturated carbocycles. The van der Waals surface area contributed by atoms with Gasteiger partial charge in [0.1, 0.15) is 11.5 Å². The van der Waals surface area contributed by atoms with Crippen molar-refractivity contribution in [3.8, 4) is 11.5 Å². The van der Waals surface area contributed by atoms with Crippen LogP contribution in [0.25, 0.3) is 0 Å². The molecule has 88 valence electrons. The summed E-state index contributed by atoms with van der Waals surface area (Å²) in [4.78, 5) is 11.6. The number of carbonyl (C=O) groups excluding carboxylic acids is 1. The Morgan fingerprint density at radius 3 is 2.75 bits per heavy atom. The lowest BCUT2D eigenvalue weighted by molar-refractivity contribution is 0.0950. The Hall–Kier alpha value is -1.23. The van der Waals surface area contributed by atoms with E-state index in [0.29, 0.717) is 6.54 Å². The van der Waals surface area contributed by atoms with Crippen LogP contribution in [0, 0.1) is 0 Å². The summed E-state index contributed by atoms with van der Waals surface area (Å²) in [6.07, 6.45) is 1.85. The van der Waals surface area contributed by atoms with E-state index in [1.807, 2.05) is 0 Å². The van der Waals surface area contributed by atoms with E-state index >= 15 is 0 Å². The number of unbranched alkanes of at least 4 members (excludes halogenated alkanes) is 1. The van der Waals surface area contributed by atoms with Crippen LogP contribution in [-0.2, 0) is 0 Å². The average Bonchev–Trinajstić information content (AvgIpc) is 2.27. The van der Waals surface area contributed by atoms with Gasteiger partial charge in [-0.2, -0.15) is 0 Å². The average molecular weight is 288 g/mol.